The zero-order chi connectivity index (χ0) is 23.9. The van der Waals surface area contributed by atoms with Crippen molar-refractivity contribution >= 4 is 23.2 Å². The van der Waals surface area contributed by atoms with E-state index in [0.717, 1.165) is 16.9 Å². The Bertz CT molecular complexity index is 1280. The molecule has 0 atom stereocenters. The fourth-order valence-corrected chi connectivity index (χ4v) is 3.24. The zero-order valence-electron chi connectivity index (χ0n) is 18.9. The van der Waals surface area contributed by atoms with Crippen molar-refractivity contribution in [2.24, 2.45) is 0 Å². The Morgan fingerprint density at radius 2 is 1.68 bits per heavy atom. The summed E-state index contributed by atoms with van der Waals surface area (Å²) in [6.45, 7) is 4.32. The van der Waals surface area contributed by atoms with Crippen molar-refractivity contribution in [1.82, 2.24) is 20.2 Å². The van der Waals surface area contributed by atoms with Crippen LogP contribution >= 0.6 is 0 Å². The standard InChI is InChI=1S/C25H24N6O3/c1-3-34-20-14-12-19(13-15-20)26-25(33)21-6-4-5-7-22(21)27-23(32)16-31-29-24(28-30-31)18-10-8-17(2)9-11-18/h4-15H,3,16H2,1-2H3,(H,26,33)(H,27,32). The summed E-state index contributed by atoms with van der Waals surface area (Å²) in [6.07, 6.45) is 0. The molecule has 3 aromatic carbocycles. The highest BCUT2D eigenvalue weighted by Crippen LogP contribution is 2.20. The molecule has 9 nitrogen and oxygen atoms in total. The molecular weight excluding hydrogens is 432 g/mol. The molecule has 0 fully saturated rings. The number of amides is 2. The Morgan fingerprint density at radius 3 is 2.41 bits per heavy atom. The first-order chi connectivity index (χ1) is 16.5. The number of rotatable bonds is 8. The minimum atomic E-state index is -0.380. The maximum absolute atomic E-state index is 12.8. The topological polar surface area (TPSA) is 111 Å². The number of benzene rings is 3. The van der Waals surface area contributed by atoms with E-state index < -0.39 is 0 Å². The molecule has 0 spiro atoms. The Labute approximate surface area is 196 Å². The van der Waals surface area contributed by atoms with Crippen molar-refractivity contribution in [2.45, 2.75) is 20.4 Å². The van der Waals surface area contributed by atoms with E-state index in [1.807, 2.05) is 38.1 Å². The molecule has 0 aliphatic heterocycles. The molecule has 172 valence electrons. The number of hydrogen-bond donors (Lipinski definition) is 2. The fourth-order valence-electron chi connectivity index (χ4n) is 3.24. The van der Waals surface area contributed by atoms with Crippen LogP contribution in [0.5, 0.6) is 5.75 Å². The second kappa shape index (κ2) is 10.4. The highest BCUT2D eigenvalue weighted by Gasteiger charge is 2.15. The third-order valence-corrected chi connectivity index (χ3v) is 4.92. The lowest BCUT2D eigenvalue weighted by Crippen LogP contribution is -2.22. The Morgan fingerprint density at radius 1 is 0.941 bits per heavy atom. The average molecular weight is 457 g/mol. The molecule has 1 heterocycles. The van der Waals surface area contributed by atoms with Crippen molar-refractivity contribution in [3.05, 3.63) is 83.9 Å². The highest BCUT2D eigenvalue weighted by atomic mass is 16.5. The zero-order valence-corrected chi connectivity index (χ0v) is 18.9. The predicted octanol–water partition coefficient (Wildman–Crippen LogP) is 3.94. The van der Waals surface area contributed by atoms with Crippen molar-refractivity contribution < 1.29 is 14.3 Å². The predicted molar refractivity (Wildman–Crippen MR) is 129 cm³/mol. The summed E-state index contributed by atoms with van der Waals surface area (Å²) in [5, 5.41) is 17.8. The van der Waals surface area contributed by atoms with E-state index in [4.69, 9.17) is 4.74 Å². The Hall–Kier alpha value is -4.53. The summed E-state index contributed by atoms with van der Waals surface area (Å²) in [5.41, 5.74) is 3.27. The number of tetrazole rings is 1. The lowest BCUT2D eigenvalue weighted by Gasteiger charge is -2.12. The number of carbonyl (C=O) groups is 2. The molecule has 34 heavy (non-hydrogen) atoms. The van der Waals surface area contributed by atoms with Gasteiger partial charge in [-0.1, -0.05) is 42.0 Å². The second-order valence-electron chi connectivity index (χ2n) is 7.51. The number of para-hydroxylation sites is 1. The van der Waals surface area contributed by atoms with Gasteiger partial charge in [-0.3, -0.25) is 9.59 Å². The van der Waals surface area contributed by atoms with Gasteiger partial charge in [-0.25, -0.2) is 0 Å². The molecule has 0 unspecified atom stereocenters. The van der Waals surface area contributed by atoms with Crippen molar-refractivity contribution in [1.29, 1.82) is 0 Å². The van der Waals surface area contributed by atoms with E-state index >= 15 is 0 Å². The molecule has 0 saturated carbocycles. The van der Waals surface area contributed by atoms with Crippen LogP contribution in [0.2, 0.25) is 0 Å². The monoisotopic (exact) mass is 456 g/mol. The second-order valence-corrected chi connectivity index (χ2v) is 7.51. The molecule has 0 aliphatic rings. The van der Waals surface area contributed by atoms with Gasteiger partial charge < -0.3 is 15.4 Å². The third kappa shape index (κ3) is 5.63. The van der Waals surface area contributed by atoms with Gasteiger partial charge in [0, 0.05) is 11.3 Å². The van der Waals surface area contributed by atoms with Gasteiger partial charge in [-0.05, 0) is 55.5 Å². The van der Waals surface area contributed by atoms with Crippen molar-refractivity contribution in [3.8, 4) is 17.1 Å². The number of nitrogens with zero attached hydrogens (tertiary/aromatic N) is 4. The van der Waals surface area contributed by atoms with Crippen molar-refractivity contribution in [3.63, 3.8) is 0 Å². The average Bonchev–Trinajstić information content (AvgIpc) is 3.29. The molecular formula is C25H24N6O3. The molecule has 0 bridgehead atoms. The number of nitrogens with one attached hydrogen (secondary N) is 2. The van der Waals surface area contributed by atoms with Crippen LogP contribution in [0.3, 0.4) is 0 Å². The van der Waals surface area contributed by atoms with Gasteiger partial charge in [-0.15, -0.1) is 10.2 Å². The van der Waals surface area contributed by atoms with Crippen LogP contribution in [0.25, 0.3) is 11.4 Å². The minimum Gasteiger partial charge on any atom is -0.494 e. The number of ether oxygens (including phenoxy) is 1. The first-order valence-corrected chi connectivity index (χ1v) is 10.8. The molecule has 1 aromatic heterocycles. The molecule has 0 aliphatic carbocycles. The van der Waals surface area contributed by atoms with E-state index in [2.05, 4.69) is 26.0 Å². The smallest absolute Gasteiger partial charge is 0.257 e. The summed E-state index contributed by atoms with van der Waals surface area (Å²) < 4.78 is 5.42. The number of carbonyl (C=O) groups excluding carboxylic acids is 2. The maximum atomic E-state index is 12.8. The van der Waals surface area contributed by atoms with Crippen LogP contribution in [0.4, 0.5) is 11.4 Å². The molecule has 0 radical (unpaired) electrons. The number of aryl methyl sites for hydroxylation is 1. The molecule has 9 heteroatoms. The van der Waals surface area contributed by atoms with Gasteiger partial charge >= 0.3 is 0 Å². The minimum absolute atomic E-state index is 0.145. The summed E-state index contributed by atoms with van der Waals surface area (Å²) in [6, 6.07) is 21.6. The Kier molecular flexibility index (Phi) is 6.92. The van der Waals surface area contributed by atoms with Crippen molar-refractivity contribution in [2.75, 3.05) is 17.2 Å². The van der Waals surface area contributed by atoms with Crippen LogP contribution in [-0.4, -0.2) is 38.6 Å². The highest BCUT2D eigenvalue weighted by molar-refractivity contribution is 6.10. The van der Waals surface area contributed by atoms with Crippen LogP contribution in [0.15, 0.2) is 72.8 Å². The molecule has 2 N–H and O–H groups in total. The summed E-state index contributed by atoms with van der Waals surface area (Å²) in [4.78, 5) is 26.7. The third-order valence-electron chi connectivity index (χ3n) is 4.92. The van der Waals surface area contributed by atoms with Gasteiger partial charge in [0.1, 0.15) is 12.3 Å². The molecule has 2 amide bonds. The maximum Gasteiger partial charge on any atom is 0.257 e. The normalized spacial score (nSPS) is 10.5. The fraction of sp³-hybridized carbons (Fsp3) is 0.160. The number of aromatic nitrogens is 4. The van der Waals surface area contributed by atoms with E-state index in [-0.39, 0.29) is 18.4 Å². The molecule has 4 aromatic rings. The number of hydrogen-bond acceptors (Lipinski definition) is 6. The van der Waals surface area contributed by atoms with E-state index in [9.17, 15) is 9.59 Å². The molecule has 0 saturated heterocycles. The quantitative estimate of drug-likeness (QED) is 0.416. The van der Waals surface area contributed by atoms with Gasteiger partial charge in [0.25, 0.3) is 5.91 Å². The van der Waals surface area contributed by atoms with Crippen LogP contribution < -0.4 is 15.4 Å². The number of anilines is 2. The SMILES string of the molecule is CCOc1ccc(NC(=O)c2ccccc2NC(=O)Cn2nnc(-c3ccc(C)cc3)n2)cc1. The van der Waals surface area contributed by atoms with Crippen LogP contribution in [-0.2, 0) is 11.3 Å². The first-order valence-electron chi connectivity index (χ1n) is 10.8. The summed E-state index contributed by atoms with van der Waals surface area (Å²) >= 11 is 0. The lowest BCUT2D eigenvalue weighted by molar-refractivity contribution is -0.117. The van der Waals surface area contributed by atoms with Gasteiger partial charge in [0.15, 0.2) is 0 Å². The van der Waals surface area contributed by atoms with Gasteiger partial charge in [0.2, 0.25) is 11.7 Å². The largest absolute Gasteiger partial charge is 0.494 e. The van der Waals surface area contributed by atoms with Gasteiger partial charge in [-0.2, -0.15) is 4.80 Å². The Balaban J connectivity index is 1.41. The van der Waals surface area contributed by atoms with E-state index in [0.29, 0.717) is 29.4 Å². The lowest BCUT2D eigenvalue weighted by atomic mass is 10.1. The van der Waals surface area contributed by atoms with Crippen LogP contribution in [0, 0.1) is 6.92 Å². The first kappa shape index (κ1) is 22.7. The van der Waals surface area contributed by atoms with E-state index in [1.165, 1.54) is 4.80 Å². The van der Waals surface area contributed by atoms with Gasteiger partial charge in [0.05, 0.1) is 17.9 Å². The summed E-state index contributed by atoms with van der Waals surface area (Å²) in [5.74, 6) is 0.429. The summed E-state index contributed by atoms with van der Waals surface area (Å²) in [7, 11) is 0. The van der Waals surface area contributed by atoms with Crippen LogP contribution in [0.1, 0.15) is 22.8 Å². The molecule has 4 rings (SSSR count). The van der Waals surface area contributed by atoms with E-state index in [1.54, 1.807) is 48.5 Å².